The van der Waals surface area contributed by atoms with Crippen LogP contribution in [-0.2, 0) is 12.0 Å². The Morgan fingerprint density at radius 3 is 2.79 bits per heavy atom. The summed E-state index contributed by atoms with van der Waals surface area (Å²) in [5.74, 6) is 0.0432. The molecule has 0 saturated carbocycles. The van der Waals surface area contributed by atoms with E-state index >= 15 is 0 Å². The van der Waals surface area contributed by atoms with Gasteiger partial charge in [0.2, 0.25) is 0 Å². The summed E-state index contributed by atoms with van der Waals surface area (Å²) in [6.45, 7) is 2.43. The SMILES string of the molecule is CN1CCc2[nH]cnc2C12CCN(C(=O)c1ccccc1-n1cncn1)CC2. The number of amides is 1. The van der Waals surface area contributed by atoms with Gasteiger partial charge in [0.15, 0.2) is 0 Å². The van der Waals surface area contributed by atoms with E-state index in [9.17, 15) is 4.79 Å². The van der Waals surface area contributed by atoms with Gasteiger partial charge >= 0.3 is 0 Å². The number of piperidine rings is 1. The number of fused-ring (bicyclic) bond motifs is 2. The molecule has 1 spiro atoms. The molecule has 0 atom stereocenters. The zero-order valence-corrected chi connectivity index (χ0v) is 15.9. The first-order valence-electron chi connectivity index (χ1n) is 9.66. The Kier molecular flexibility index (Phi) is 4.01. The number of hydrogen-bond donors (Lipinski definition) is 1. The molecule has 144 valence electrons. The molecule has 3 aromatic rings. The zero-order valence-electron chi connectivity index (χ0n) is 15.9. The van der Waals surface area contributed by atoms with Crippen molar-refractivity contribution >= 4 is 5.91 Å². The van der Waals surface area contributed by atoms with Crippen molar-refractivity contribution in [3.63, 3.8) is 0 Å². The number of rotatable bonds is 2. The van der Waals surface area contributed by atoms with Crippen LogP contribution in [0.2, 0.25) is 0 Å². The Morgan fingerprint density at radius 1 is 1.18 bits per heavy atom. The predicted molar refractivity (Wildman–Crippen MR) is 103 cm³/mol. The van der Waals surface area contributed by atoms with Crippen molar-refractivity contribution in [2.24, 2.45) is 0 Å². The lowest BCUT2D eigenvalue weighted by atomic mass is 9.79. The van der Waals surface area contributed by atoms with E-state index in [0.717, 1.165) is 37.2 Å². The first kappa shape index (κ1) is 17.1. The van der Waals surface area contributed by atoms with E-state index in [-0.39, 0.29) is 11.4 Å². The molecule has 5 rings (SSSR count). The third-order valence-electron chi connectivity index (χ3n) is 6.26. The lowest BCUT2D eigenvalue weighted by Gasteiger charge is -2.49. The molecule has 8 nitrogen and oxygen atoms in total. The number of nitrogens with one attached hydrogen (secondary N) is 1. The van der Waals surface area contributed by atoms with Crippen molar-refractivity contribution in [2.75, 3.05) is 26.7 Å². The average Bonchev–Trinajstić information content (AvgIpc) is 3.43. The molecule has 0 aliphatic carbocycles. The van der Waals surface area contributed by atoms with E-state index < -0.39 is 0 Å². The minimum atomic E-state index is -0.0736. The third-order valence-corrected chi connectivity index (χ3v) is 6.26. The standard InChI is InChI=1S/C20H23N7O/c1-25-9-6-16-18(23-13-22-16)20(25)7-10-26(11-8-20)19(28)15-4-2-3-5-17(15)27-14-21-12-24-27/h2-5,12-14H,6-11H2,1H3,(H,22,23). The fourth-order valence-electron chi connectivity index (χ4n) is 4.64. The molecule has 2 aliphatic heterocycles. The first-order chi connectivity index (χ1) is 13.7. The van der Waals surface area contributed by atoms with Gasteiger partial charge in [0.25, 0.3) is 5.91 Å². The summed E-state index contributed by atoms with van der Waals surface area (Å²) in [5.41, 5.74) is 3.75. The average molecular weight is 377 g/mol. The highest BCUT2D eigenvalue weighted by Gasteiger charge is 2.45. The molecular weight excluding hydrogens is 354 g/mol. The van der Waals surface area contributed by atoms with Crippen LogP contribution in [0.25, 0.3) is 5.69 Å². The van der Waals surface area contributed by atoms with E-state index in [1.807, 2.05) is 29.2 Å². The summed E-state index contributed by atoms with van der Waals surface area (Å²) in [4.78, 5) is 29.6. The Bertz CT molecular complexity index is 986. The summed E-state index contributed by atoms with van der Waals surface area (Å²) in [6.07, 6.45) is 7.68. The van der Waals surface area contributed by atoms with Gasteiger partial charge in [-0.15, -0.1) is 0 Å². The minimum Gasteiger partial charge on any atom is -0.348 e. The maximum atomic E-state index is 13.3. The van der Waals surface area contributed by atoms with Gasteiger partial charge in [-0.25, -0.2) is 14.6 Å². The van der Waals surface area contributed by atoms with Gasteiger partial charge in [-0.1, -0.05) is 12.1 Å². The highest BCUT2D eigenvalue weighted by atomic mass is 16.2. The van der Waals surface area contributed by atoms with Gasteiger partial charge in [0.1, 0.15) is 12.7 Å². The highest BCUT2D eigenvalue weighted by Crippen LogP contribution is 2.41. The Labute approximate surface area is 163 Å². The van der Waals surface area contributed by atoms with Crippen LogP contribution in [0.15, 0.2) is 43.2 Å². The number of imidazole rings is 1. The molecule has 0 unspecified atom stereocenters. The van der Waals surface area contributed by atoms with Crippen LogP contribution in [0, 0.1) is 0 Å². The minimum absolute atomic E-state index is 0.0432. The lowest BCUT2D eigenvalue weighted by molar-refractivity contribution is 0.0225. The van der Waals surface area contributed by atoms with Crippen LogP contribution in [0.5, 0.6) is 0 Å². The molecule has 1 saturated heterocycles. The first-order valence-corrected chi connectivity index (χ1v) is 9.66. The molecule has 0 bridgehead atoms. The molecule has 2 aliphatic rings. The molecule has 1 fully saturated rings. The van der Waals surface area contributed by atoms with Crippen molar-refractivity contribution in [3.8, 4) is 5.69 Å². The molecule has 1 amide bonds. The molecular formula is C20H23N7O. The van der Waals surface area contributed by atoms with Crippen molar-refractivity contribution < 1.29 is 4.79 Å². The van der Waals surface area contributed by atoms with Crippen LogP contribution in [0.4, 0.5) is 0 Å². The second-order valence-electron chi connectivity index (χ2n) is 7.58. The fraction of sp³-hybridized carbons (Fsp3) is 0.400. The largest absolute Gasteiger partial charge is 0.348 e. The quantitative estimate of drug-likeness (QED) is 0.734. The summed E-state index contributed by atoms with van der Waals surface area (Å²) in [5, 5.41) is 4.19. The fourth-order valence-corrected chi connectivity index (χ4v) is 4.64. The molecule has 0 radical (unpaired) electrons. The number of para-hydroxylation sites is 1. The second-order valence-corrected chi connectivity index (χ2v) is 7.58. The number of nitrogens with zero attached hydrogens (tertiary/aromatic N) is 6. The van der Waals surface area contributed by atoms with Gasteiger partial charge in [-0.3, -0.25) is 9.69 Å². The number of H-pyrrole nitrogens is 1. The van der Waals surface area contributed by atoms with Crippen LogP contribution in [0.1, 0.15) is 34.6 Å². The monoisotopic (exact) mass is 377 g/mol. The Morgan fingerprint density at radius 2 is 2.00 bits per heavy atom. The molecule has 4 heterocycles. The number of benzene rings is 1. The lowest BCUT2D eigenvalue weighted by Crippen LogP contribution is -2.55. The van der Waals surface area contributed by atoms with Gasteiger partial charge in [-0.2, -0.15) is 5.10 Å². The predicted octanol–water partition coefficient (Wildman–Crippen LogP) is 1.61. The zero-order chi connectivity index (χ0) is 19.1. The van der Waals surface area contributed by atoms with E-state index in [4.69, 9.17) is 0 Å². The summed E-state index contributed by atoms with van der Waals surface area (Å²) >= 11 is 0. The van der Waals surface area contributed by atoms with Crippen LogP contribution in [-0.4, -0.2) is 67.1 Å². The normalized spacial score (nSPS) is 19.0. The van der Waals surface area contributed by atoms with Gasteiger partial charge < -0.3 is 9.88 Å². The number of hydrogen-bond acceptors (Lipinski definition) is 5. The number of likely N-dealkylation sites (N-methyl/N-ethyl adjacent to an activating group) is 1. The maximum Gasteiger partial charge on any atom is 0.256 e. The van der Waals surface area contributed by atoms with Crippen molar-refractivity contribution in [1.82, 2.24) is 34.5 Å². The summed E-state index contributed by atoms with van der Waals surface area (Å²) in [7, 11) is 2.18. The van der Waals surface area contributed by atoms with Gasteiger partial charge in [-0.05, 0) is 32.0 Å². The van der Waals surface area contributed by atoms with Crippen LogP contribution < -0.4 is 0 Å². The molecule has 28 heavy (non-hydrogen) atoms. The Balaban J connectivity index is 1.40. The highest BCUT2D eigenvalue weighted by molar-refractivity contribution is 5.97. The van der Waals surface area contributed by atoms with Crippen molar-refractivity contribution in [3.05, 3.63) is 60.2 Å². The number of carbonyl (C=O) groups excluding carboxylic acids is 1. The number of carbonyl (C=O) groups is 1. The van der Waals surface area contributed by atoms with Crippen LogP contribution in [0.3, 0.4) is 0 Å². The topological polar surface area (TPSA) is 82.9 Å². The summed E-state index contributed by atoms with van der Waals surface area (Å²) < 4.78 is 1.64. The van der Waals surface area contributed by atoms with E-state index in [1.165, 1.54) is 12.0 Å². The number of aromatic amines is 1. The van der Waals surface area contributed by atoms with E-state index in [0.29, 0.717) is 18.7 Å². The van der Waals surface area contributed by atoms with Crippen LogP contribution >= 0.6 is 0 Å². The van der Waals surface area contributed by atoms with Crippen molar-refractivity contribution in [2.45, 2.75) is 24.8 Å². The molecule has 1 aromatic carbocycles. The van der Waals surface area contributed by atoms with E-state index in [2.05, 4.69) is 32.0 Å². The molecule has 8 heteroatoms. The number of aromatic nitrogens is 5. The smallest absolute Gasteiger partial charge is 0.256 e. The third kappa shape index (κ3) is 2.56. The summed E-state index contributed by atoms with van der Waals surface area (Å²) in [6, 6.07) is 7.57. The van der Waals surface area contributed by atoms with E-state index in [1.54, 1.807) is 17.3 Å². The van der Waals surface area contributed by atoms with Gasteiger partial charge in [0.05, 0.1) is 28.8 Å². The van der Waals surface area contributed by atoms with Crippen molar-refractivity contribution in [1.29, 1.82) is 0 Å². The number of likely N-dealkylation sites (tertiary alicyclic amines) is 1. The van der Waals surface area contributed by atoms with Gasteiger partial charge in [0, 0.05) is 31.7 Å². The second kappa shape index (κ2) is 6.56. The molecule has 2 aromatic heterocycles. The maximum absolute atomic E-state index is 13.3. The molecule has 1 N–H and O–H groups in total. The Hall–Kier alpha value is -3.00.